The zero-order valence-corrected chi connectivity index (χ0v) is 37.6. The Morgan fingerprint density at radius 3 is 2.55 bits per heavy atom. The third-order valence-electron chi connectivity index (χ3n) is 12.3. The Kier molecular flexibility index (Phi) is 16.0. The van der Waals surface area contributed by atoms with Crippen LogP contribution in [0.1, 0.15) is 76.7 Å². The maximum absolute atomic E-state index is 14.0. The van der Waals surface area contributed by atoms with Gasteiger partial charge in [-0.1, -0.05) is 35.4 Å². The molecule has 3 saturated heterocycles. The molecule has 4 bridgehead atoms. The Morgan fingerprint density at radius 2 is 1.82 bits per heavy atom. The molecule has 6 atom stereocenters. The lowest BCUT2D eigenvalue weighted by Gasteiger charge is -2.29. The number of fused-ring (bicyclic) bond motifs is 5. The van der Waals surface area contributed by atoms with Crippen molar-refractivity contribution < 1.29 is 52.5 Å². The van der Waals surface area contributed by atoms with Crippen LogP contribution in [0.15, 0.2) is 35.9 Å². The molecule has 4 heterocycles. The molecule has 338 valence electrons. The number of esters is 1. The molecule has 2 unspecified atom stereocenters. The number of imide groups is 1. The first kappa shape index (κ1) is 46.9. The Hall–Kier alpha value is -4.61. The number of carbonyl (C=O) groups excluding carboxylic acids is 7. The first-order valence-corrected chi connectivity index (χ1v) is 22.7. The van der Waals surface area contributed by atoms with Gasteiger partial charge < -0.3 is 39.4 Å². The SMILES string of the molecule is CNC(=O)C1CCC(CN2C(=O)CC(SCCC(=O)N(C)CC(=O)O[C@@H]3CC(=O)N(C)c4cc(cc(OC)c4Cl)C/C(C)=C/C=C/CC4C[C@H](C[C@H]5O[C@H]35)OC(=O)N4)C2=O)CC1. The van der Waals surface area contributed by atoms with Gasteiger partial charge in [0.1, 0.15) is 35.6 Å². The Balaban J connectivity index is 1.06. The van der Waals surface area contributed by atoms with Crippen molar-refractivity contribution in [2.75, 3.05) is 52.0 Å². The molecule has 5 aliphatic rings. The highest BCUT2D eigenvalue weighted by atomic mass is 35.5. The van der Waals surface area contributed by atoms with Crippen LogP contribution in [0, 0.1) is 11.8 Å². The molecule has 62 heavy (non-hydrogen) atoms. The van der Waals surface area contributed by atoms with Crippen LogP contribution < -0.4 is 20.3 Å². The van der Waals surface area contributed by atoms with E-state index < -0.39 is 54.2 Å². The fourth-order valence-electron chi connectivity index (χ4n) is 8.68. The quantitative estimate of drug-likeness (QED) is 0.182. The van der Waals surface area contributed by atoms with Gasteiger partial charge in [0, 0.05) is 71.1 Å². The van der Waals surface area contributed by atoms with E-state index in [1.54, 1.807) is 14.1 Å². The third-order valence-corrected chi connectivity index (χ3v) is 13.9. The Morgan fingerprint density at radius 1 is 1.06 bits per heavy atom. The largest absolute Gasteiger partial charge is 0.495 e. The zero-order valence-electron chi connectivity index (χ0n) is 36.0. The number of thioether (sulfide) groups is 1. The van der Waals surface area contributed by atoms with Crippen molar-refractivity contribution in [2.45, 2.75) is 113 Å². The molecular weight excluding hydrogens is 842 g/mol. The highest BCUT2D eigenvalue weighted by Gasteiger charge is 2.50. The molecule has 1 aromatic carbocycles. The van der Waals surface area contributed by atoms with Crippen molar-refractivity contribution in [3.05, 3.63) is 46.5 Å². The maximum Gasteiger partial charge on any atom is 0.407 e. The van der Waals surface area contributed by atoms with Gasteiger partial charge in [-0.05, 0) is 69.1 Å². The molecular formula is C44H58ClN5O11S. The maximum atomic E-state index is 14.0. The molecule has 1 saturated carbocycles. The minimum Gasteiger partial charge on any atom is -0.495 e. The normalized spacial score (nSPS) is 29.4. The molecule has 6 amide bonds. The van der Waals surface area contributed by atoms with Crippen LogP contribution in [0.2, 0.25) is 5.02 Å². The van der Waals surface area contributed by atoms with Gasteiger partial charge in [-0.15, -0.1) is 11.8 Å². The van der Waals surface area contributed by atoms with E-state index in [0.29, 0.717) is 43.7 Å². The lowest BCUT2D eigenvalue weighted by molar-refractivity contribution is -0.155. The summed E-state index contributed by atoms with van der Waals surface area (Å²) in [6.07, 6.45) is 7.61. The number of rotatable bonds is 11. The number of benzene rings is 1. The third kappa shape index (κ3) is 12.1. The number of allylic oxidation sites excluding steroid dienone is 3. The molecule has 1 aromatic rings. The van der Waals surface area contributed by atoms with E-state index in [9.17, 15) is 33.6 Å². The van der Waals surface area contributed by atoms with Crippen LogP contribution in [0.5, 0.6) is 5.75 Å². The van der Waals surface area contributed by atoms with Gasteiger partial charge in [0.25, 0.3) is 0 Å². The Labute approximate surface area is 371 Å². The summed E-state index contributed by atoms with van der Waals surface area (Å²) in [7, 11) is 6.18. The second-order valence-electron chi connectivity index (χ2n) is 16.9. The fraction of sp³-hybridized carbons (Fsp3) is 0.614. The number of ether oxygens (including phenoxy) is 4. The van der Waals surface area contributed by atoms with E-state index in [1.165, 1.54) is 40.6 Å². The van der Waals surface area contributed by atoms with Gasteiger partial charge in [0.05, 0.1) is 30.6 Å². The van der Waals surface area contributed by atoms with Crippen molar-refractivity contribution in [2.24, 2.45) is 11.8 Å². The number of halogens is 1. The number of carbonyl (C=O) groups is 7. The van der Waals surface area contributed by atoms with Gasteiger partial charge in [0.2, 0.25) is 29.5 Å². The standard InChI is InChI=1S/C44H58ClN5O11S/c1-25-8-6-7-9-29-19-30(59-44(57)47-29)20-33-41(61-33)34(21-37(52)49(4)31-17-27(16-25)18-32(58-5)40(31)45)60-39(54)24-48(3)36(51)14-15-62-35-22-38(53)50(43(35)56)23-26-10-12-28(13-11-26)42(55)46-2/h6-8,17-18,26,28-30,33-35,41H,9-16,19-24H2,1-5H3,(H,46,55)(H,47,57)/b7-6+,25-8+/t26?,28?,29?,30-,33-,34-,35?,41+/m1/s1. The monoisotopic (exact) mass is 899 g/mol. The molecule has 4 fully saturated rings. The summed E-state index contributed by atoms with van der Waals surface area (Å²) in [5.41, 5.74) is 2.32. The van der Waals surface area contributed by atoms with Gasteiger partial charge in [-0.2, -0.15) is 0 Å². The van der Waals surface area contributed by atoms with Crippen molar-refractivity contribution in [1.82, 2.24) is 20.4 Å². The Bertz CT molecular complexity index is 1950. The number of alkyl carbamates (subject to hydrolysis) is 1. The van der Waals surface area contributed by atoms with E-state index in [2.05, 4.69) is 10.6 Å². The lowest BCUT2D eigenvalue weighted by Crippen LogP contribution is -2.46. The van der Waals surface area contributed by atoms with Crippen LogP contribution in [0.25, 0.3) is 0 Å². The highest BCUT2D eigenvalue weighted by Crippen LogP contribution is 2.39. The molecule has 4 aliphatic heterocycles. The highest BCUT2D eigenvalue weighted by molar-refractivity contribution is 8.00. The molecule has 1 aliphatic carbocycles. The molecule has 16 nitrogen and oxygen atoms in total. The molecule has 0 radical (unpaired) electrons. The first-order chi connectivity index (χ1) is 29.6. The summed E-state index contributed by atoms with van der Waals surface area (Å²) in [4.78, 5) is 95.1. The number of likely N-dealkylation sites (tertiary alicyclic amines) is 1. The van der Waals surface area contributed by atoms with Crippen molar-refractivity contribution in [3.8, 4) is 5.75 Å². The van der Waals surface area contributed by atoms with E-state index >= 15 is 0 Å². The van der Waals surface area contributed by atoms with E-state index in [4.69, 9.17) is 30.5 Å². The summed E-state index contributed by atoms with van der Waals surface area (Å²) < 4.78 is 23.0. The van der Waals surface area contributed by atoms with Crippen LogP contribution in [0.4, 0.5) is 10.5 Å². The van der Waals surface area contributed by atoms with Crippen LogP contribution >= 0.6 is 23.4 Å². The van der Waals surface area contributed by atoms with E-state index in [1.807, 2.05) is 37.3 Å². The van der Waals surface area contributed by atoms with Crippen LogP contribution in [0.3, 0.4) is 0 Å². The number of methoxy groups -OCH3 is 1. The zero-order chi connectivity index (χ0) is 44.7. The van der Waals surface area contributed by atoms with Gasteiger partial charge in [-0.3, -0.25) is 33.7 Å². The molecule has 6 rings (SSSR count). The van der Waals surface area contributed by atoms with Gasteiger partial charge >= 0.3 is 12.1 Å². The average molecular weight is 900 g/mol. The smallest absolute Gasteiger partial charge is 0.407 e. The second kappa shape index (κ2) is 21.2. The molecule has 2 N–H and O–H groups in total. The number of likely N-dealkylation sites (N-methyl/N-ethyl adjacent to an activating group) is 1. The number of nitrogens with one attached hydrogen (secondary N) is 2. The number of epoxide rings is 1. The van der Waals surface area contributed by atoms with Gasteiger partial charge in [-0.25, -0.2) is 4.79 Å². The van der Waals surface area contributed by atoms with Crippen LogP contribution in [-0.4, -0.2) is 134 Å². The second-order valence-corrected chi connectivity index (χ2v) is 18.6. The van der Waals surface area contributed by atoms with Crippen LogP contribution in [-0.2, 0) is 49.4 Å². The first-order valence-electron chi connectivity index (χ1n) is 21.3. The summed E-state index contributed by atoms with van der Waals surface area (Å²) in [5, 5.41) is 5.21. The fourth-order valence-corrected chi connectivity index (χ4v) is 10.1. The molecule has 18 heteroatoms. The van der Waals surface area contributed by atoms with E-state index in [-0.39, 0.29) is 71.5 Å². The molecule has 0 spiro atoms. The summed E-state index contributed by atoms with van der Waals surface area (Å²) >= 11 is 7.98. The lowest BCUT2D eigenvalue weighted by atomic mass is 9.81. The van der Waals surface area contributed by atoms with Crippen molar-refractivity contribution in [1.29, 1.82) is 0 Å². The molecule has 0 aromatic heterocycles. The minimum atomic E-state index is -1.03. The van der Waals surface area contributed by atoms with Crippen molar-refractivity contribution in [3.63, 3.8) is 0 Å². The van der Waals surface area contributed by atoms with E-state index in [0.717, 1.165) is 36.8 Å². The summed E-state index contributed by atoms with van der Waals surface area (Å²) in [6.45, 7) is 1.92. The minimum absolute atomic E-state index is 0.0147. The number of nitrogens with zero attached hydrogens (tertiary/aromatic N) is 3. The summed E-state index contributed by atoms with van der Waals surface area (Å²) in [5.74, 6) is -1.21. The number of amides is 6. The topological polar surface area (TPSA) is 193 Å². The predicted octanol–water partition coefficient (Wildman–Crippen LogP) is 4.35. The number of anilines is 1. The number of hydrogen-bond acceptors (Lipinski definition) is 12. The average Bonchev–Trinajstić information content (AvgIpc) is 3.95. The summed E-state index contributed by atoms with van der Waals surface area (Å²) in [6, 6.07) is 3.49. The van der Waals surface area contributed by atoms with Gasteiger partial charge in [0.15, 0.2) is 0 Å². The van der Waals surface area contributed by atoms with Crippen molar-refractivity contribution >= 4 is 70.6 Å². The predicted molar refractivity (Wildman–Crippen MR) is 232 cm³/mol. The number of hydrogen-bond donors (Lipinski definition) is 2.